The summed E-state index contributed by atoms with van der Waals surface area (Å²) in [7, 11) is -3.01. The maximum absolute atomic E-state index is 11.1. The summed E-state index contributed by atoms with van der Waals surface area (Å²) in [5, 5.41) is 0. The molecule has 1 aromatic heterocycles. The summed E-state index contributed by atoms with van der Waals surface area (Å²) in [6.07, 6.45) is 3.22. The highest BCUT2D eigenvalue weighted by molar-refractivity contribution is 9.11. The van der Waals surface area contributed by atoms with Crippen LogP contribution in [-0.4, -0.2) is 25.4 Å². The molecule has 0 spiro atoms. The number of nitrogens with two attached hydrogens (primary N) is 1. The van der Waals surface area contributed by atoms with Crippen molar-refractivity contribution in [2.75, 3.05) is 12.0 Å². The van der Waals surface area contributed by atoms with Crippen molar-refractivity contribution in [3.05, 3.63) is 26.9 Å². The second-order valence-electron chi connectivity index (χ2n) is 3.66. The van der Waals surface area contributed by atoms with Gasteiger partial charge in [-0.3, -0.25) is 16.3 Å². The van der Waals surface area contributed by atoms with E-state index in [4.69, 9.17) is 5.84 Å². The highest BCUT2D eigenvalue weighted by atomic mass is 79.9. The first-order valence-electron chi connectivity index (χ1n) is 4.78. The summed E-state index contributed by atoms with van der Waals surface area (Å²) in [5.74, 6) is 5.49. The molecule has 0 amide bonds. The average Bonchev–Trinajstić information content (AvgIpc) is 2.19. The van der Waals surface area contributed by atoms with Crippen LogP contribution in [0.2, 0.25) is 0 Å². The molecular weight excluding hydrogens is 374 g/mol. The Labute approximate surface area is 117 Å². The zero-order valence-electron chi connectivity index (χ0n) is 9.15. The highest BCUT2D eigenvalue weighted by Gasteiger charge is 2.17. The molecule has 5 nitrogen and oxygen atoms in total. The zero-order valence-corrected chi connectivity index (χ0v) is 13.1. The predicted molar refractivity (Wildman–Crippen MR) is 74.0 cm³/mol. The molecule has 1 heterocycles. The van der Waals surface area contributed by atoms with E-state index in [9.17, 15) is 8.42 Å². The monoisotopic (exact) mass is 385 g/mol. The van der Waals surface area contributed by atoms with Gasteiger partial charge in [-0.2, -0.15) is 0 Å². The maximum atomic E-state index is 11.1. The van der Waals surface area contributed by atoms with Gasteiger partial charge >= 0.3 is 0 Å². The summed E-state index contributed by atoms with van der Waals surface area (Å²) in [5.41, 5.74) is 3.27. The van der Waals surface area contributed by atoms with Gasteiger partial charge in [0.05, 0.1) is 17.5 Å². The molecule has 0 fully saturated rings. The van der Waals surface area contributed by atoms with E-state index >= 15 is 0 Å². The molecule has 0 aliphatic carbocycles. The molecule has 1 aromatic rings. The fraction of sp³-hybridized carbons (Fsp3) is 0.444. The molecule has 0 saturated heterocycles. The van der Waals surface area contributed by atoms with Crippen LogP contribution in [0.3, 0.4) is 0 Å². The first-order chi connectivity index (χ1) is 7.83. The lowest BCUT2D eigenvalue weighted by molar-refractivity contribution is 0.518. The minimum Gasteiger partial charge on any atom is -0.271 e. The van der Waals surface area contributed by atoms with E-state index in [1.165, 1.54) is 6.26 Å². The van der Waals surface area contributed by atoms with Crippen LogP contribution in [0.4, 0.5) is 0 Å². The molecule has 0 saturated carbocycles. The van der Waals surface area contributed by atoms with Gasteiger partial charge in [0.15, 0.2) is 0 Å². The van der Waals surface area contributed by atoms with Crippen molar-refractivity contribution < 1.29 is 8.42 Å². The van der Waals surface area contributed by atoms with Crippen LogP contribution in [0, 0.1) is 0 Å². The molecule has 8 heteroatoms. The Morgan fingerprint density at radius 3 is 2.65 bits per heavy atom. The van der Waals surface area contributed by atoms with Crippen LogP contribution >= 0.6 is 31.9 Å². The Bertz CT molecular complexity index is 493. The molecule has 0 aliphatic rings. The summed E-state index contributed by atoms with van der Waals surface area (Å²) < 4.78 is 23.8. The molecule has 0 aliphatic heterocycles. The van der Waals surface area contributed by atoms with Crippen molar-refractivity contribution >= 4 is 41.7 Å². The van der Waals surface area contributed by atoms with E-state index in [0.717, 1.165) is 8.95 Å². The standard InChI is InChI=1S/C9H13Br2N3O2S/c1-17(15,16)3-2-8(14-12)9-7(11)4-6(10)5-13-9/h4-5,8,14H,2-3,12H2,1H3. The maximum Gasteiger partial charge on any atom is 0.147 e. The predicted octanol–water partition coefficient (Wildman–Crippen LogP) is 1.55. The van der Waals surface area contributed by atoms with Gasteiger partial charge in [0, 0.05) is 21.4 Å². The molecule has 1 unspecified atom stereocenters. The van der Waals surface area contributed by atoms with Crippen LogP contribution in [-0.2, 0) is 9.84 Å². The normalized spacial score (nSPS) is 13.6. The van der Waals surface area contributed by atoms with Crippen LogP contribution < -0.4 is 11.3 Å². The SMILES string of the molecule is CS(=O)(=O)CCC(NN)c1ncc(Br)cc1Br. The molecule has 0 bridgehead atoms. The molecule has 0 aromatic carbocycles. The number of hydrazine groups is 1. The highest BCUT2D eigenvalue weighted by Crippen LogP contribution is 2.26. The number of aromatic nitrogens is 1. The summed E-state index contributed by atoms with van der Waals surface area (Å²) in [6, 6.07) is 1.54. The van der Waals surface area contributed by atoms with Gasteiger partial charge in [0.2, 0.25) is 0 Å². The van der Waals surface area contributed by atoms with Crippen molar-refractivity contribution in [1.82, 2.24) is 10.4 Å². The quantitative estimate of drug-likeness (QED) is 0.592. The summed E-state index contributed by atoms with van der Waals surface area (Å²) >= 11 is 6.67. The molecule has 0 radical (unpaired) electrons. The smallest absolute Gasteiger partial charge is 0.147 e. The summed E-state index contributed by atoms with van der Waals surface area (Å²) in [6.45, 7) is 0. The Kier molecular flexibility index (Phi) is 5.52. The van der Waals surface area contributed by atoms with Crippen LogP contribution in [0.5, 0.6) is 0 Å². The largest absolute Gasteiger partial charge is 0.271 e. The van der Waals surface area contributed by atoms with E-state index in [2.05, 4.69) is 42.3 Å². The second kappa shape index (κ2) is 6.24. The van der Waals surface area contributed by atoms with E-state index in [0.29, 0.717) is 12.1 Å². The Morgan fingerprint density at radius 2 is 2.18 bits per heavy atom. The minimum absolute atomic E-state index is 0.0616. The lowest BCUT2D eigenvalue weighted by Gasteiger charge is -2.16. The van der Waals surface area contributed by atoms with Gasteiger partial charge in [-0.1, -0.05) is 0 Å². The van der Waals surface area contributed by atoms with Gasteiger partial charge in [-0.05, 0) is 44.3 Å². The van der Waals surface area contributed by atoms with Gasteiger partial charge < -0.3 is 0 Å². The van der Waals surface area contributed by atoms with Crippen molar-refractivity contribution in [2.24, 2.45) is 5.84 Å². The van der Waals surface area contributed by atoms with Gasteiger partial charge in [0.1, 0.15) is 9.84 Å². The Morgan fingerprint density at radius 1 is 1.53 bits per heavy atom. The number of halogens is 2. The third-order valence-electron chi connectivity index (χ3n) is 2.14. The lowest BCUT2D eigenvalue weighted by Crippen LogP contribution is -2.30. The fourth-order valence-electron chi connectivity index (χ4n) is 1.31. The third-order valence-corrected chi connectivity index (χ3v) is 4.19. The first-order valence-corrected chi connectivity index (χ1v) is 8.43. The van der Waals surface area contributed by atoms with Crippen molar-refractivity contribution in [3.63, 3.8) is 0 Å². The van der Waals surface area contributed by atoms with Crippen molar-refractivity contribution in [3.8, 4) is 0 Å². The van der Waals surface area contributed by atoms with Crippen LogP contribution in [0.15, 0.2) is 21.2 Å². The Hall–Kier alpha value is -0.0200. The molecule has 17 heavy (non-hydrogen) atoms. The molecule has 1 rings (SSSR count). The molecule has 1 atom stereocenters. The molecular formula is C9H13Br2N3O2S. The first kappa shape index (κ1) is 15.0. The topological polar surface area (TPSA) is 85.1 Å². The fourth-order valence-corrected chi connectivity index (χ4v) is 3.24. The second-order valence-corrected chi connectivity index (χ2v) is 7.69. The van der Waals surface area contributed by atoms with Crippen LogP contribution in [0.1, 0.15) is 18.2 Å². The van der Waals surface area contributed by atoms with E-state index < -0.39 is 9.84 Å². The van der Waals surface area contributed by atoms with Gasteiger partial charge in [0.25, 0.3) is 0 Å². The zero-order chi connectivity index (χ0) is 13.1. The number of nitrogens with zero attached hydrogens (tertiary/aromatic N) is 1. The number of hydrogen-bond donors (Lipinski definition) is 2. The number of pyridine rings is 1. The van der Waals surface area contributed by atoms with E-state index in [1.54, 1.807) is 6.20 Å². The molecule has 96 valence electrons. The number of sulfone groups is 1. The number of rotatable bonds is 5. The number of nitrogens with one attached hydrogen (secondary N) is 1. The molecule has 3 N–H and O–H groups in total. The van der Waals surface area contributed by atoms with Crippen molar-refractivity contribution in [1.29, 1.82) is 0 Å². The third kappa shape index (κ3) is 5.01. The van der Waals surface area contributed by atoms with Gasteiger partial charge in [-0.25, -0.2) is 8.42 Å². The van der Waals surface area contributed by atoms with Crippen LogP contribution in [0.25, 0.3) is 0 Å². The lowest BCUT2D eigenvalue weighted by atomic mass is 10.1. The van der Waals surface area contributed by atoms with E-state index in [1.807, 2.05) is 6.07 Å². The summed E-state index contributed by atoms with van der Waals surface area (Å²) in [4.78, 5) is 4.22. The Balaban J connectivity index is 2.86. The van der Waals surface area contributed by atoms with E-state index in [-0.39, 0.29) is 11.8 Å². The average molecular weight is 387 g/mol. The number of hydrogen-bond acceptors (Lipinski definition) is 5. The van der Waals surface area contributed by atoms with Gasteiger partial charge in [-0.15, -0.1) is 0 Å². The van der Waals surface area contributed by atoms with Crippen molar-refractivity contribution in [2.45, 2.75) is 12.5 Å². The minimum atomic E-state index is -3.01.